The zero-order chi connectivity index (χ0) is 13.4. The quantitative estimate of drug-likeness (QED) is 0.574. The van der Waals surface area contributed by atoms with Gasteiger partial charge in [-0.05, 0) is 23.8 Å². The van der Waals surface area contributed by atoms with Gasteiger partial charge in [-0.2, -0.15) is 0 Å². The van der Waals surface area contributed by atoms with Crippen LogP contribution < -0.4 is 10.6 Å². The van der Waals surface area contributed by atoms with Crippen LogP contribution in [0.5, 0.6) is 0 Å². The molecule has 18 heavy (non-hydrogen) atoms. The third-order valence-electron chi connectivity index (χ3n) is 2.32. The number of benzene rings is 1. The zero-order valence-electron chi connectivity index (χ0n) is 9.77. The van der Waals surface area contributed by atoms with Crippen molar-refractivity contribution in [1.82, 2.24) is 4.84 Å². The maximum absolute atomic E-state index is 11.6. The number of amides is 1. The van der Waals surface area contributed by atoms with Crippen molar-refractivity contribution in [2.45, 2.75) is 25.5 Å². The second kappa shape index (κ2) is 7.68. The minimum Gasteiger partial charge on any atom is -0.460 e. The minimum atomic E-state index is -0.733. The Morgan fingerprint density at radius 2 is 2.00 bits per heavy atom. The Morgan fingerprint density at radius 3 is 2.56 bits per heavy atom. The summed E-state index contributed by atoms with van der Waals surface area (Å²) in [7, 11) is 0. The molecule has 0 unspecified atom stereocenters. The summed E-state index contributed by atoms with van der Waals surface area (Å²) in [6, 6.07) is 8.55. The number of halogens is 1. The number of hydrogen-bond acceptors (Lipinski definition) is 4. The van der Waals surface area contributed by atoms with Gasteiger partial charge >= 0.3 is 5.97 Å². The second-order valence-corrected chi connectivity index (χ2v) is 3.98. The summed E-state index contributed by atoms with van der Waals surface area (Å²) in [5, 5.41) is 0. The first-order chi connectivity index (χ1) is 8.63. The summed E-state index contributed by atoms with van der Waals surface area (Å²) in [4.78, 5) is 24.5. The van der Waals surface area contributed by atoms with Gasteiger partial charge in [-0.1, -0.05) is 30.3 Å². The van der Waals surface area contributed by atoms with E-state index in [1.165, 1.54) is 0 Å². The summed E-state index contributed by atoms with van der Waals surface area (Å²) >= 11 is 5.42. The molecule has 1 rings (SSSR count). The fourth-order valence-corrected chi connectivity index (χ4v) is 1.53. The lowest BCUT2D eigenvalue weighted by Gasteiger charge is -2.13. The molecule has 1 amide bonds. The van der Waals surface area contributed by atoms with Gasteiger partial charge in [0.2, 0.25) is 5.91 Å². The van der Waals surface area contributed by atoms with Gasteiger partial charge in [0.05, 0.1) is 0 Å². The van der Waals surface area contributed by atoms with E-state index < -0.39 is 17.9 Å². The molecule has 0 spiro atoms. The maximum atomic E-state index is 11.6. The van der Waals surface area contributed by atoms with E-state index in [4.69, 9.17) is 22.2 Å². The van der Waals surface area contributed by atoms with Crippen molar-refractivity contribution in [3.8, 4) is 0 Å². The molecule has 0 aromatic heterocycles. The Morgan fingerprint density at radius 1 is 1.33 bits per heavy atom. The number of ether oxygens (including phenoxy) is 1. The molecule has 1 atom stereocenters. The van der Waals surface area contributed by atoms with Gasteiger partial charge in [-0.15, -0.1) is 0 Å². The van der Waals surface area contributed by atoms with Crippen LogP contribution >= 0.6 is 11.8 Å². The summed E-state index contributed by atoms with van der Waals surface area (Å²) in [5.74, 6) is -0.988. The van der Waals surface area contributed by atoms with Gasteiger partial charge in [0.1, 0.15) is 12.6 Å². The molecule has 0 heterocycles. The molecule has 0 radical (unpaired) electrons. The molecule has 1 aromatic rings. The van der Waals surface area contributed by atoms with Crippen LogP contribution in [0.15, 0.2) is 30.3 Å². The van der Waals surface area contributed by atoms with E-state index in [1.807, 2.05) is 30.3 Å². The van der Waals surface area contributed by atoms with Gasteiger partial charge in [0.25, 0.3) is 0 Å². The fraction of sp³-hybridized carbons (Fsp3) is 0.333. The topological polar surface area (TPSA) is 81.4 Å². The fourth-order valence-electron chi connectivity index (χ4n) is 1.33. The maximum Gasteiger partial charge on any atom is 0.324 e. The first-order valence-corrected chi connectivity index (χ1v) is 5.86. The zero-order valence-corrected chi connectivity index (χ0v) is 10.5. The highest BCUT2D eigenvalue weighted by atomic mass is 35.5. The highest BCUT2D eigenvalue weighted by Crippen LogP contribution is 2.05. The van der Waals surface area contributed by atoms with Crippen LogP contribution in [-0.2, 0) is 20.9 Å². The van der Waals surface area contributed by atoms with Gasteiger partial charge in [0, 0.05) is 6.42 Å². The molecule has 0 bridgehead atoms. The average molecular weight is 271 g/mol. The Hall–Kier alpha value is -1.59. The number of carbonyl (C=O) groups excluding carboxylic acids is 2. The molecule has 0 saturated carbocycles. The molecule has 1 aromatic carbocycles. The van der Waals surface area contributed by atoms with Crippen molar-refractivity contribution in [2.24, 2.45) is 5.73 Å². The molecule has 5 nitrogen and oxygen atoms in total. The van der Waals surface area contributed by atoms with Crippen molar-refractivity contribution in [2.75, 3.05) is 0 Å². The Balaban J connectivity index is 2.40. The van der Waals surface area contributed by atoms with Crippen LogP contribution in [0.3, 0.4) is 0 Å². The highest BCUT2D eigenvalue weighted by Gasteiger charge is 2.19. The van der Waals surface area contributed by atoms with Gasteiger partial charge in [0.15, 0.2) is 0 Å². The smallest absolute Gasteiger partial charge is 0.324 e. The summed E-state index contributed by atoms with van der Waals surface area (Å²) in [6.45, 7) is 0.172. The van der Waals surface area contributed by atoms with Gasteiger partial charge in [-0.3, -0.25) is 9.59 Å². The number of primary amides is 1. The number of carbonyl (C=O) groups is 2. The van der Waals surface area contributed by atoms with E-state index in [0.29, 0.717) is 0 Å². The number of nitrogens with one attached hydrogen (secondary N) is 1. The highest BCUT2D eigenvalue weighted by molar-refractivity contribution is 6.14. The van der Waals surface area contributed by atoms with Gasteiger partial charge < -0.3 is 10.5 Å². The Kier molecular flexibility index (Phi) is 6.18. The summed E-state index contributed by atoms with van der Waals surface area (Å²) < 4.78 is 5.08. The molecular formula is C12H15ClN2O3. The van der Waals surface area contributed by atoms with E-state index >= 15 is 0 Å². The SMILES string of the molecule is NC(=O)CC[C@H](NCl)C(=O)OCc1ccccc1. The normalized spacial score (nSPS) is 11.8. The lowest BCUT2D eigenvalue weighted by atomic mass is 10.1. The van der Waals surface area contributed by atoms with E-state index in [-0.39, 0.29) is 19.4 Å². The number of hydrogen-bond donors (Lipinski definition) is 2. The molecule has 0 fully saturated rings. The van der Waals surface area contributed by atoms with E-state index in [2.05, 4.69) is 4.84 Å². The molecule has 6 heteroatoms. The minimum absolute atomic E-state index is 0.0742. The first-order valence-electron chi connectivity index (χ1n) is 5.48. The van der Waals surface area contributed by atoms with E-state index in [9.17, 15) is 9.59 Å². The molecule has 0 saturated heterocycles. The molecule has 0 aliphatic heterocycles. The van der Waals surface area contributed by atoms with Crippen molar-refractivity contribution in [3.05, 3.63) is 35.9 Å². The molecule has 98 valence electrons. The monoisotopic (exact) mass is 270 g/mol. The van der Waals surface area contributed by atoms with Crippen molar-refractivity contribution < 1.29 is 14.3 Å². The van der Waals surface area contributed by atoms with Crippen molar-refractivity contribution in [1.29, 1.82) is 0 Å². The average Bonchev–Trinajstić information content (AvgIpc) is 2.38. The Bertz CT molecular complexity index is 398. The number of nitrogens with two attached hydrogens (primary N) is 1. The molecule has 0 aliphatic carbocycles. The van der Waals surface area contributed by atoms with E-state index in [1.54, 1.807) is 0 Å². The third kappa shape index (κ3) is 5.16. The predicted molar refractivity (Wildman–Crippen MR) is 67.4 cm³/mol. The van der Waals surface area contributed by atoms with Gasteiger partial charge in [-0.25, -0.2) is 4.84 Å². The predicted octanol–water partition coefficient (Wildman–Crippen LogP) is 1.11. The van der Waals surface area contributed by atoms with Crippen LogP contribution in [0.4, 0.5) is 0 Å². The van der Waals surface area contributed by atoms with Crippen LogP contribution in [0.1, 0.15) is 18.4 Å². The van der Waals surface area contributed by atoms with Crippen LogP contribution in [0.25, 0.3) is 0 Å². The standard InChI is InChI=1S/C12H15ClN2O3/c13-15-10(6-7-11(14)16)12(17)18-8-9-4-2-1-3-5-9/h1-5,10,15H,6-8H2,(H2,14,16)/t10-/m0/s1. The summed E-state index contributed by atoms with van der Waals surface area (Å²) in [5.41, 5.74) is 5.88. The third-order valence-corrected chi connectivity index (χ3v) is 2.58. The molecular weight excluding hydrogens is 256 g/mol. The Labute approximate surface area is 110 Å². The molecule has 3 N–H and O–H groups in total. The number of esters is 1. The van der Waals surface area contributed by atoms with Crippen LogP contribution in [0, 0.1) is 0 Å². The molecule has 0 aliphatic rings. The number of rotatable bonds is 7. The van der Waals surface area contributed by atoms with Crippen LogP contribution in [-0.4, -0.2) is 17.9 Å². The first kappa shape index (κ1) is 14.5. The lowest BCUT2D eigenvalue weighted by molar-refractivity contribution is -0.147. The van der Waals surface area contributed by atoms with Crippen molar-refractivity contribution in [3.63, 3.8) is 0 Å². The largest absolute Gasteiger partial charge is 0.460 e. The lowest BCUT2D eigenvalue weighted by Crippen LogP contribution is -2.33. The second-order valence-electron chi connectivity index (χ2n) is 3.76. The van der Waals surface area contributed by atoms with E-state index in [0.717, 1.165) is 5.56 Å². The van der Waals surface area contributed by atoms with Crippen molar-refractivity contribution >= 4 is 23.7 Å². The van der Waals surface area contributed by atoms with Crippen LogP contribution in [0.2, 0.25) is 0 Å². The summed E-state index contributed by atoms with van der Waals surface area (Å²) in [6.07, 6.45) is 0.289.